The fraction of sp³-hybridized carbons (Fsp3) is 0.667. The summed E-state index contributed by atoms with van der Waals surface area (Å²) in [4.78, 5) is 31.2. The summed E-state index contributed by atoms with van der Waals surface area (Å²) >= 11 is 0. The van der Waals surface area contributed by atoms with E-state index in [0.29, 0.717) is 31.0 Å². The van der Waals surface area contributed by atoms with E-state index < -0.39 is 6.10 Å². The second kappa shape index (κ2) is 9.19. The number of β-amino-alcohol motifs (C(OH)–C–C–N with tert-alkyl or cyclic N) is 1. The zero-order valence-electron chi connectivity index (χ0n) is 16.5. The van der Waals surface area contributed by atoms with Crippen LogP contribution in [-0.4, -0.2) is 77.0 Å². The lowest BCUT2D eigenvalue weighted by Gasteiger charge is -2.44. The zero-order valence-corrected chi connectivity index (χ0v) is 16.5. The molecule has 4 atom stereocenters. The third-order valence-electron chi connectivity index (χ3n) is 6.01. The fourth-order valence-electron chi connectivity index (χ4n) is 4.26. The molecular formula is C21H29N3O5. The van der Waals surface area contributed by atoms with Crippen LogP contribution in [0.3, 0.4) is 0 Å². The van der Waals surface area contributed by atoms with Crippen LogP contribution in [0.15, 0.2) is 24.4 Å². The third kappa shape index (κ3) is 4.94. The van der Waals surface area contributed by atoms with Crippen LogP contribution in [0.4, 0.5) is 0 Å². The van der Waals surface area contributed by atoms with Crippen LogP contribution in [0.2, 0.25) is 0 Å². The van der Waals surface area contributed by atoms with E-state index >= 15 is 0 Å². The second-order valence-corrected chi connectivity index (χ2v) is 8.20. The number of amides is 2. The lowest BCUT2D eigenvalue weighted by molar-refractivity contribution is -0.151. The molecule has 0 aromatic carbocycles. The lowest BCUT2D eigenvalue weighted by Crippen LogP contribution is -2.57. The van der Waals surface area contributed by atoms with Crippen LogP contribution in [-0.2, 0) is 14.3 Å². The summed E-state index contributed by atoms with van der Waals surface area (Å²) in [6.45, 7) is 0.604. The predicted octanol–water partition coefficient (Wildman–Crippen LogP) is 0.890. The highest BCUT2D eigenvalue weighted by Gasteiger charge is 2.40. The van der Waals surface area contributed by atoms with Gasteiger partial charge >= 0.3 is 0 Å². The van der Waals surface area contributed by atoms with Gasteiger partial charge in [-0.05, 0) is 44.2 Å². The number of nitrogens with one attached hydrogen (secondary N) is 1. The van der Waals surface area contributed by atoms with Crippen LogP contribution >= 0.6 is 0 Å². The normalized spacial score (nSPS) is 30.4. The standard InChI is InChI=1S/C21H29N3O5/c25-15-11-24(21(27)17-6-1-2-9-22-17)18-8-7-16(29-19(18)13-28-12-15)10-20(26)23-14-4-3-5-14/h1-2,6,9,14-16,18-19,25H,3-5,7-8,10-13H2,(H,23,26)/t15-,16+,18+,19-/m1/s1. The van der Waals surface area contributed by atoms with E-state index in [4.69, 9.17) is 9.47 Å². The minimum absolute atomic E-state index is 0.0294. The van der Waals surface area contributed by atoms with Crippen LogP contribution in [0.1, 0.15) is 49.0 Å². The molecule has 1 aromatic heterocycles. The number of ether oxygens (including phenoxy) is 2. The number of fused-ring (bicyclic) bond motifs is 1. The van der Waals surface area contributed by atoms with Gasteiger partial charge in [0.1, 0.15) is 11.8 Å². The van der Waals surface area contributed by atoms with Gasteiger partial charge in [0.15, 0.2) is 0 Å². The Hall–Kier alpha value is -2.03. The molecule has 0 radical (unpaired) electrons. The fourth-order valence-corrected chi connectivity index (χ4v) is 4.26. The van der Waals surface area contributed by atoms with Crippen molar-refractivity contribution in [3.63, 3.8) is 0 Å². The van der Waals surface area contributed by atoms with Crippen molar-refractivity contribution in [2.45, 2.75) is 68.9 Å². The molecule has 0 unspecified atom stereocenters. The molecule has 3 heterocycles. The molecule has 0 spiro atoms. The maximum atomic E-state index is 13.1. The largest absolute Gasteiger partial charge is 0.389 e. The molecule has 4 rings (SSSR count). The van der Waals surface area contributed by atoms with Crippen LogP contribution in [0.5, 0.6) is 0 Å². The molecule has 0 bridgehead atoms. The Morgan fingerprint density at radius 2 is 2.07 bits per heavy atom. The highest BCUT2D eigenvalue weighted by atomic mass is 16.5. The summed E-state index contributed by atoms with van der Waals surface area (Å²) < 4.78 is 11.8. The molecule has 2 aliphatic heterocycles. The SMILES string of the molecule is O=C(C[C@@H]1CC[C@H]2[C@@H](COC[C@H](O)CN2C(=O)c2ccccn2)O1)NC1CCC1. The van der Waals surface area contributed by atoms with E-state index in [1.54, 1.807) is 29.3 Å². The van der Waals surface area contributed by atoms with E-state index in [9.17, 15) is 14.7 Å². The summed E-state index contributed by atoms with van der Waals surface area (Å²) in [5.74, 6) is -0.187. The van der Waals surface area contributed by atoms with Crippen molar-refractivity contribution in [1.82, 2.24) is 15.2 Å². The number of pyridine rings is 1. The first kappa shape index (κ1) is 20.3. The lowest BCUT2D eigenvalue weighted by atomic mass is 9.92. The number of nitrogens with zero attached hydrogens (tertiary/aromatic N) is 2. The maximum absolute atomic E-state index is 13.1. The Morgan fingerprint density at radius 3 is 2.79 bits per heavy atom. The van der Waals surface area contributed by atoms with Crippen molar-refractivity contribution in [1.29, 1.82) is 0 Å². The number of hydrogen-bond acceptors (Lipinski definition) is 6. The molecule has 8 nitrogen and oxygen atoms in total. The smallest absolute Gasteiger partial charge is 0.272 e. The molecule has 3 aliphatic rings. The second-order valence-electron chi connectivity index (χ2n) is 8.20. The third-order valence-corrected chi connectivity index (χ3v) is 6.01. The summed E-state index contributed by atoms with van der Waals surface area (Å²) in [6.07, 6.45) is 5.32. The number of carbonyl (C=O) groups is 2. The first-order valence-electron chi connectivity index (χ1n) is 10.5. The Bertz CT molecular complexity index is 712. The van der Waals surface area contributed by atoms with Crippen molar-refractivity contribution in [2.24, 2.45) is 0 Å². The highest BCUT2D eigenvalue weighted by Crippen LogP contribution is 2.29. The Balaban J connectivity index is 1.42. The molecule has 8 heteroatoms. The molecular weight excluding hydrogens is 374 g/mol. The van der Waals surface area contributed by atoms with E-state index in [0.717, 1.165) is 12.8 Å². The number of aromatic nitrogens is 1. The van der Waals surface area contributed by atoms with Crippen LogP contribution in [0, 0.1) is 0 Å². The number of carbonyl (C=O) groups excluding carboxylic acids is 2. The molecule has 158 valence electrons. The molecule has 2 amide bonds. The van der Waals surface area contributed by atoms with E-state index in [2.05, 4.69) is 10.3 Å². The maximum Gasteiger partial charge on any atom is 0.272 e. The van der Waals surface area contributed by atoms with E-state index in [1.165, 1.54) is 6.42 Å². The summed E-state index contributed by atoms with van der Waals surface area (Å²) in [6, 6.07) is 5.31. The van der Waals surface area contributed by atoms with Gasteiger partial charge in [0.25, 0.3) is 5.91 Å². The van der Waals surface area contributed by atoms with Gasteiger partial charge < -0.3 is 24.8 Å². The molecule has 3 fully saturated rings. The van der Waals surface area contributed by atoms with Gasteiger partial charge in [-0.1, -0.05) is 6.07 Å². The highest BCUT2D eigenvalue weighted by molar-refractivity contribution is 5.92. The van der Waals surface area contributed by atoms with Gasteiger partial charge in [-0.2, -0.15) is 0 Å². The number of rotatable bonds is 4. The minimum atomic E-state index is -0.755. The number of aliphatic hydroxyl groups excluding tert-OH is 1. The predicted molar refractivity (Wildman–Crippen MR) is 104 cm³/mol. The van der Waals surface area contributed by atoms with Gasteiger partial charge in [0.05, 0.1) is 37.9 Å². The molecule has 29 heavy (non-hydrogen) atoms. The summed E-state index contributed by atoms with van der Waals surface area (Å²) in [7, 11) is 0. The monoisotopic (exact) mass is 403 g/mol. The van der Waals surface area contributed by atoms with Gasteiger partial charge in [0.2, 0.25) is 5.91 Å². The van der Waals surface area contributed by atoms with Crippen LogP contribution < -0.4 is 5.32 Å². The first-order chi connectivity index (χ1) is 14.1. The van der Waals surface area contributed by atoms with Crippen molar-refractivity contribution < 1.29 is 24.2 Å². The Labute approximate surface area is 170 Å². The Morgan fingerprint density at radius 1 is 1.21 bits per heavy atom. The molecule has 1 saturated carbocycles. The molecule has 1 aromatic rings. The van der Waals surface area contributed by atoms with E-state index in [1.807, 2.05) is 0 Å². The number of aliphatic hydroxyl groups is 1. The van der Waals surface area contributed by atoms with Gasteiger partial charge in [-0.15, -0.1) is 0 Å². The average molecular weight is 403 g/mol. The first-order valence-corrected chi connectivity index (χ1v) is 10.5. The zero-order chi connectivity index (χ0) is 20.2. The number of hydrogen-bond donors (Lipinski definition) is 2. The van der Waals surface area contributed by atoms with Gasteiger partial charge in [-0.25, -0.2) is 0 Å². The van der Waals surface area contributed by atoms with Crippen molar-refractivity contribution in [3.8, 4) is 0 Å². The topological polar surface area (TPSA) is 101 Å². The quantitative estimate of drug-likeness (QED) is 0.774. The molecule has 2 saturated heterocycles. The minimum Gasteiger partial charge on any atom is -0.389 e. The van der Waals surface area contributed by atoms with Gasteiger partial charge in [0, 0.05) is 18.8 Å². The summed E-state index contributed by atoms with van der Waals surface area (Å²) in [5, 5.41) is 13.3. The molecule has 2 N–H and O–H groups in total. The van der Waals surface area contributed by atoms with E-state index in [-0.39, 0.29) is 49.8 Å². The molecule has 1 aliphatic carbocycles. The van der Waals surface area contributed by atoms with Crippen molar-refractivity contribution in [3.05, 3.63) is 30.1 Å². The average Bonchev–Trinajstić information content (AvgIpc) is 2.68. The summed E-state index contributed by atoms with van der Waals surface area (Å²) in [5.41, 5.74) is 0.349. The Kier molecular flexibility index (Phi) is 6.42. The van der Waals surface area contributed by atoms with Crippen molar-refractivity contribution >= 4 is 11.8 Å². The van der Waals surface area contributed by atoms with Gasteiger partial charge in [-0.3, -0.25) is 14.6 Å². The van der Waals surface area contributed by atoms with Crippen LogP contribution in [0.25, 0.3) is 0 Å². The van der Waals surface area contributed by atoms with Crippen molar-refractivity contribution in [2.75, 3.05) is 19.8 Å².